The molecule has 0 atom stereocenters. The summed E-state index contributed by atoms with van der Waals surface area (Å²) in [4.78, 5) is 7.37. The van der Waals surface area contributed by atoms with Gasteiger partial charge in [0.05, 0.1) is 25.6 Å². The lowest BCUT2D eigenvalue weighted by Crippen LogP contribution is -1.98. The molecule has 0 amide bonds. The van der Waals surface area contributed by atoms with E-state index in [9.17, 15) is 9.65 Å². The number of hydrogen-bond acceptors (Lipinski definition) is 3. The van der Waals surface area contributed by atoms with Gasteiger partial charge in [-0.15, -0.1) is 0 Å². The summed E-state index contributed by atoms with van der Waals surface area (Å²) in [6, 6.07) is 17.6. The van der Waals surface area contributed by atoms with E-state index in [1.54, 1.807) is 12.1 Å². The Bertz CT molecular complexity index is 1340. The lowest BCUT2D eigenvalue weighted by molar-refractivity contribution is 0.302. The highest BCUT2D eigenvalue weighted by Gasteiger charge is 2.13. The van der Waals surface area contributed by atoms with Crippen molar-refractivity contribution in [1.29, 1.82) is 5.26 Å². The van der Waals surface area contributed by atoms with Crippen LogP contribution in [0.5, 0.6) is 5.75 Å². The van der Waals surface area contributed by atoms with Gasteiger partial charge in [0.2, 0.25) is 0 Å². The summed E-state index contributed by atoms with van der Waals surface area (Å²) >= 11 is 13.3. The third kappa shape index (κ3) is 4.82. The summed E-state index contributed by atoms with van der Waals surface area (Å²) in [7, 11) is 0. The summed E-state index contributed by atoms with van der Waals surface area (Å²) in [5, 5.41) is 10.3. The Morgan fingerprint density at radius 2 is 1.90 bits per heavy atom. The molecule has 0 saturated heterocycles. The SMILES string of the molecule is N#C/C(=C/c1cc(Br)c(OCc2ccccc2Cl)c(Br)c1)c1nc2ccc(F)cc2[nH]1. The first-order valence-corrected chi connectivity index (χ1v) is 11.0. The minimum absolute atomic E-state index is 0.311. The van der Waals surface area contributed by atoms with E-state index in [4.69, 9.17) is 16.3 Å². The molecule has 0 bridgehead atoms. The average Bonchev–Trinajstić information content (AvgIpc) is 3.15. The Morgan fingerprint density at radius 1 is 1.16 bits per heavy atom. The Kier molecular flexibility index (Phi) is 6.42. The predicted molar refractivity (Wildman–Crippen MR) is 127 cm³/mol. The highest BCUT2D eigenvalue weighted by molar-refractivity contribution is 9.11. The Balaban J connectivity index is 1.62. The molecule has 0 aliphatic rings. The van der Waals surface area contributed by atoms with Gasteiger partial charge in [0, 0.05) is 10.6 Å². The van der Waals surface area contributed by atoms with Crippen molar-refractivity contribution in [1.82, 2.24) is 9.97 Å². The summed E-state index contributed by atoms with van der Waals surface area (Å²) in [6.07, 6.45) is 1.70. The van der Waals surface area contributed by atoms with Crippen LogP contribution in [0.4, 0.5) is 4.39 Å². The van der Waals surface area contributed by atoms with Gasteiger partial charge in [-0.25, -0.2) is 9.37 Å². The van der Waals surface area contributed by atoms with E-state index in [0.29, 0.717) is 48.8 Å². The molecule has 0 aliphatic heterocycles. The number of rotatable bonds is 5. The van der Waals surface area contributed by atoms with Crippen molar-refractivity contribution in [2.24, 2.45) is 0 Å². The van der Waals surface area contributed by atoms with Crippen LogP contribution < -0.4 is 4.74 Å². The van der Waals surface area contributed by atoms with E-state index in [2.05, 4.69) is 47.9 Å². The normalized spacial score (nSPS) is 11.5. The molecule has 4 aromatic rings. The molecule has 0 radical (unpaired) electrons. The zero-order valence-corrected chi connectivity index (χ0v) is 19.7. The number of hydrogen-bond donors (Lipinski definition) is 1. The number of imidazole rings is 1. The van der Waals surface area contributed by atoms with Crippen LogP contribution in [0.15, 0.2) is 63.5 Å². The molecule has 31 heavy (non-hydrogen) atoms. The zero-order valence-electron chi connectivity index (χ0n) is 15.8. The largest absolute Gasteiger partial charge is 0.486 e. The number of allylic oxidation sites excluding steroid dienone is 1. The topological polar surface area (TPSA) is 61.7 Å². The summed E-state index contributed by atoms with van der Waals surface area (Å²) in [5.41, 5.74) is 3.07. The smallest absolute Gasteiger partial charge is 0.149 e. The molecule has 154 valence electrons. The van der Waals surface area contributed by atoms with Gasteiger partial charge in [0.1, 0.15) is 30.1 Å². The molecular formula is C23H13Br2ClFN3O. The van der Waals surface area contributed by atoms with Crippen LogP contribution in [0.3, 0.4) is 0 Å². The van der Waals surface area contributed by atoms with E-state index >= 15 is 0 Å². The first-order valence-electron chi connectivity index (χ1n) is 9.07. The van der Waals surface area contributed by atoms with Crippen molar-refractivity contribution in [3.05, 3.63) is 91.3 Å². The fraction of sp³-hybridized carbons (Fsp3) is 0.0435. The highest BCUT2D eigenvalue weighted by atomic mass is 79.9. The molecule has 1 heterocycles. The lowest BCUT2D eigenvalue weighted by Gasteiger charge is -2.12. The predicted octanol–water partition coefficient (Wildman–Crippen LogP) is 7.52. The van der Waals surface area contributed by atoms with Crippen molar-refractivity contribution in [2.75, 3.05) is 0 Å². The standard InChI is InChI=1S/C23H13Br2ClFN3O/c24-17-8-13(9-18(25)22(17)31-12-14-3-1-2-4-19(14)26)7-15(11-28)23-29-20-6-5-16(27)10-21(20)30-23/h1-10H,12H2,(H,29,30)/b15-7-. The van der Waals surface area contributed by atoms with Gasteiger partial charge in [-0.3, -0.25) is 0 Å². The third-order valence-corrected chi connectivity index (χ3v) is 6.03. The van der Waals surface area contributed by atoms with Crippen LogP contribution >= 0.6 is 43.5 Å². The number of nitrogens with zero attached hydrogens (tertiary/aromatic N) is 2. The minimum Gasteiger partial charge on any atom is -0.486 e. The summed E-state index contributed by atoms with van der Waals surface area (Å²) in [6.45, 7) is 0.311. The van der Waals surface area contributed by atoms with E-state index < -0.39 is 0 Å². The van der Waals surface area contributed by atoms with E-state index in [0.717, 1.165) is 11.1 Å². The van der Waals surface area contributed by atoms with Gasteiger partial charge < -0.3 is 9.72 Å². The molecule has 1 N–H and O–H groups in total. The number of fused-ring (bicyclic) bond motifs is 1. The van der Waals surface area contributed by atoms with E-state index in [-0.39, 0.29) is 5.82 Å². The van der Waals surface area contributed by atoms with Gasteiger partial charge in [-0.05, 0) is 79.9 Å². The van der Waals surface area contributed by atoms with Crippen molar-refractivity contribution >= 4 is 66.1 Å². The lowest BCUT2D eigenvalue weighted by atomic mass is 10.1. The molecule has 0 unspecified atom stereocenters. The molecule has 1 aromatic heterocycles. The van der Waals surface area contributed by atoms with Gasteiger partial charge >= 0.3 is 0 Å². The molecule has 3 aromatic carbocycles. The van der Waals surface area contributed by atoms with Crippen molar-refractivity contribution in [3.8, 4) is 11.8 Å². The quantitative estimate of drug-likeness (QED) is 0.256. The zero-order chi connectivity index (χ0) is 22.0. The maximum Gasteiger partial charge on any atom is 0.149 e. The van der Waals surface area contributed by atoms with Crippen LogP contribution in [0.25, 0.3) is 22.7 Å². The monoisotopic (exact) mass is 559 g/mol. The van der Waals surface area contributed by atoms with Gasteiger partial charge in [-0.1, -0.05) is 29.8 Å². The molecule has 4 rings (SSSR count). The first-order chi connectivity index (χ1) is 14.9. The second-order valence-electron chi connectivity index (χ2n) is 6.61. The number of ether oxygens (including phenoxy) is 1. The highest BCUT2D eigenvalue weighted by Crippen LogP contribution is 2.36. The van der Waals surface area contributed by atoms with Crippen LogP contribution in [-0.2, 0) is 6.61 Å². The Hall–Kier alpha value is -2.66. The van der Waals surface area contributed by atoms with Gasteiger partial charge in [-0.2, -0.15) is 5.26 Å². The molecule has 8 heteroatoms. The van der Waals surface area contributed by atoms with Crippen molar-refractivity contribution < 1.29 is 9.13 Å². The van der Waals surface area contributed by atoms with Crippen molar-refractivity contribution in [3.63, 3.8) is 0 Å². The molecule has 0 aliphatic carbocycles. The Morgan fingerprint density at radius 3 is 2.61 bits per heavy atom. The van der Waals surface area contributed by atoms with Gasteiger partial charge in [0.15, 0.2) is 0 Å². The van der Waals surface area contributed by atoms with Crippen LogP contribution in [0.1, 0.15) is 17.0 Å². The fourth-order valence-electron chi connectivity index (χ4n) is 3.00. The second kappa shape index (κ2) is 9.23. The number of nitrogens with one attached hydrogen (secondary N) is 1. The number of H-pyrrole nitrogens is 1. The summed E-state index contributed by atoms with van der Waals surface area (Å²) in [5.74, 6) is 0.620. The number of halogens is 4. The molecule has 0 saturated carbocycles. The maximum atomic E-state index is 13.4. The van der Waals surface area contributed by atoms with E-state index in [1.807, 2.05) is 36.4 Å². The molecule has 4 nitrogen and oxygen atoms in total. The number of benzene rings is 3. The average molecular weight is 562 g/mol. The fourth-order valence-corrected chi connectivity index (χ4v) is 4.64. The molecule has 0 fully saturated rings. The first kappa shape index (κ1) is 21.6. The van der Waals surface area contributed by atoms with Crippen LogP contribution in [0.2, 0.25) is 5.02 Å². The van der Waals surface area contributed by atoms with Crippen LogP contribution in [0, 0.1) is 17.1 Å². The molecule has 0 spiro atoms. The minimum atomic E-state index is -0.370. The number of nitriles is 1. The second-order valence-corrected chi connectivity index (χ2v) is 8.73. The third-order valence-electron chi connectivity index (χ3n) is 4.48. The number of aromatic nitrogens is 2. The maximum absolute atomic E-state index is 13.4. The summed E-state index contributed by atoms with van der Waals surface area (Å²) < 4.78 is 20.8. The van der Waals surface area contributed by atoms with Crippen LogP contribution in [-0.4, -0.2) is 9.97 Å². The number of aromatic amines is 1. The molecular weight excluding hydrogens is 549 g/mol. The van der Waals surface area contributed by atoms with Gasteiger partial charge in [0.25, 0.3) is 0 Å². The Labute approximate surface area is 199 Å². The van der Waals surface area contributed by atoms with Crippen molar-refractivity contribution in [2.45, 2.75) is 6.61 Å². The van der Waals surface area contributed by atoms with E-state index in [1.165, 1.54) is 12.1 Å².